The first-order chi connectivity index (χ1) is 9.19. The normalized spacial score (nSPS) is 26.4. The fourth-order valence-corrected chi connectivity index (χ4v) is 3.22. The van der Waals surface area contributed by atoms with E-state index in [0.29, 0.717) is 11.8 Å². The van der Waals surface area contributed by atoms with Crippen molar-refractivity contribution < 1.29 is 4.79 Å². The fraction of sp³-hybridized carbons (Fsp3) is 0.933. The predicted octanol–water partition coefficient (Wildman–Crippen LogP) is 2.16. The second kappa shape index (κ2) is 7.13. The molecular formula is C15H29N3O. The standard InChI is InChI=1S/C15H29N3O/c1-3-17-9-6-14(7-10-17)11-16-15(19)18-8-4-5-13(2)12-18/h13-14H,3-12H2,1-2H3,(H,16,19). The van der Waals surface area contributed by atoms with E-state index >= 15 is 0 Å². The Morgan fingerprint density at radius 2 is 1.95 bits per heavy atom. The van der Waals surface area contributed by atoms with Gasteiger partial charge in [0.2, 0.25) is 0 Å². The van der Waals surface area contributed by atoms with E-state index in [1.807, 2.05) is 4.90 Å². The zero-order valence-electron chi connectivity index (χ0n) is 12.5. The summed E-state index contributed by atoms with van der Waals surface area (Å²) in [6, 6.07) is 0.157. The maximum atomic E-state index is 12.1. The lowest BCUT2D eigenvalue weighted by molar-refractivity contribution is 0.160. The van der Waals surface area contributed by atoms with Gasteiger partial charge in [0.15, 0.2) is 0 Å². The van der Waals surface area contributed by atoms with Crippen molar-refractivity contribution in [3.8, 4) is 0 Å². The van der Waals surface area contributed by atoms with Crippen LogP contribution in [-0.2, 0) is 0 Å². The summed E-state index contributed by atoms with van der Waals surface area (Å²) in [4.78, 5) is 16.6. The average Bonchev–Trinajstić information content (AvgIpc) is 2.45. The van der Waals surface area contributed by atoms with Gasteiger partial charge in [-0.3, -0.25) is 0 Å². The summed E-state index contributed by atoms with van der Waals surface area (Å²) in [6.45, 7) is 10.7. The van der Waals surface area contributed by atoms with Crippen LogP contribution in [0.5, 0.6) is 0 Å². The van der Waals surface area contributed by atoms with Crippen molar-refractivity contribution in [3.63, 3.8) is 0 Å². The molecule has 4 heteroatoms. The third-order valence-electron chi connectivity index (χ3n) is 4.64. The molecule has 0 radical (unpaired) electrons. The molecule has 110 valence electrons. The first kappa shape index (κ1) is 14.6. The van der Waals surface area contributed by atoms with Crippen LogP contribution < -0.4 is 5.32 Å². The molecule has 2 amide bonds. The maximum Gasteiger partial charge on any atom is 0.317 e. The zero-order chi connectivity index (χ0) is 13.7. The lowest BCUT2D eigenvalue weighted by atomic mass is 9.97. The van der Waals surface area contributed by atoms with Crippen molar-refractivity contribution >= 4 is 6.03 Å². The third kappa shape index (κ3) is 4.37. The quantitative estimate of drug-likeness (QED) is 0.850. The minimum atomic E-state index is 0.157. The zero-order valence-corrected chi connectivity index (χ0v) is 12.5. The molecule has 2 saturated heterocycles. The molecule has 2 aliphatic rings. The fourth-order valence-electron chi connectivity index (χ4n) is 3.22. The van der Waals surface area contributed by atoms with Gasteiger partial charge in [0.1, 0.15) is 0 Å². The molecule has 1 N–H and O–H groups in total. The number of hydrogen-bond acceptors (Lipinski definition) is 2. The highest BCUT2D eigenvalue weighted by Crippen LogP contribution is 2.17. The summed E-state index contributed by atoms with van der Waals surface area (Å²) in [5.74, 6) is 1.33. The second-order valence-electron chi connectivity index (χ2n) is 6.26. The number of urea groups is 1. The van der Waals surface area contributed by atoms with Gasteiger partial charge in [0, 0.05) is 19.6 Å². The first-order valence-electron chi connectivity index (χ1n) is 7.94. The van der Waals surface area contributed by atoms with Crippen LogP contribution in [-0.4, -0.2) is 55.1 Å². The maximum absolute atomic E-state index is 12.1. The monoisotopic (exact) mass is 267 g/mol. The summed E-state index contributed by atoms with van der Waals surface area (Å²) in [5, 5.41) is 3.14. The summed E-state index contributed by atoms with van der Waals surface area (Å²) < 4.78 is 0. The Morgan fingerprint density at radius 1 is 1.21 bits per heavy atom. The Labute approximate surface area is 117 Å². The number of hydrogen-bond donors (Lipinski definition) is 1. The van der Waals surface area contributed by atoms with Gasteiger partial charge in [-0.2, -0.15) is 0 Å². The summed E-state index contributed by atoms with van der Waals surface area (Å²) in [6.07, 6.45) is 4.87. The SMILES string of the molecule is CCN1CCC(CNC(=O)N2CCCC(C)C2)CC1. The minimum Gasteiger partial charge on any atom is -0.338 e. The number of nitrogens with one attached hydrogen (secondary N) is 1. The van der Waals surface area contributed by atoms with Crippen LogP contribution in [0.25, 0.3) is 0 Å². The molecule has 0 bridgehead atoms. The van der Waals surface area contributed by atoms with E-state index in [9.17, 15) is 4.79 Å². The highest BCUT2D eigenvalue weighted by Gasteiger charge is 2.22. The van der Waals surface area contributed by atoms with Crippen molar-refractivity contribution in [1.29, 1.82) is 0 Å². The molecule has 0 aliphatic carbocycles. The topological polar surface area (TPSA) is 35.6 Å². The van der Waals surface area contributed by atoms with Crippen LogP contribution in [0.1, 0.15) is 39.5 Å². The van der Waals surface area contributed by atoms with Gasteiger partial charge in [-0.05, 0) is 57.2 Å². The van der Waals surface area contributed by atoms with Gasteiger partial charge in [-0.15, -0.1) is 0 Å². The number of likely N-dealkylation sites (tertiary alicyclic amines) is 2. The van der Waals surface area contributed by atoms with Crippen molar-refractivity contribution in [2.24, 2.45) is 11.8 Å². The Morgan fingerprint density at radius 3 is 2.58 bits per heavy atom. The Hall–Kier alpha value is -0.770. The van der Waals surface area contributed by atoms with Crippen LogP contribution in [0.3, 0.4) is 0 Å². The Bertz CT molecular complexity index is 287. The molecule has 0 spiro atoms. The van der Waals surface area contributed by atoms with Crippen LogP contribution in [0.15, 0.2) is 0 Å². The average molecular weight is 267 g/mol. The van der Waals surface area contributed by atoms with Gasteiger partial charge in [-0.25, -0.2) is 4.79 Å². The number of amides is 2. The van der Waals surface area contributed by atoms with Crippen molar-refractivity contribution in [2.45, 2.75) is 39.5 Å². The van der Waals surface area contributed by atoms with Crippen molar-refractivity contribution in [1.82, 2.24) is 15.1 Å². The predicted molar refractivity (Wildman–Crippen MR) is 78.2 cm³/mol. The Balaban J connectivity index is 1.66. The first-order valence-corrected chi connectivity index (χ1v) is 7.94. The number of nitrogens with zero attached hydrogens (tertiary/aromatic N) is 2. The summed E-state index contributed by atoms with van der Waals surface area (Å²) in [5.41, 5.74) is 0. The number of rotatable bonds is 3. The second-order valence-corrected chi connectivity index (χ2v) is 6.26. The molecule has 1 atom stereocenters. The summed E-state index contributed by atoms with van der Waals surface area (Å²) >= 11 is 0. The number of carbonyl (C=O) groups is 1. The van der Waals surface area contributed by atoms with Crippen molar-refractivity contribution in [3.05, 3.63) is 0 Å². The smallest absolute Gasteiger partial charge is 0.317 e. The highest BCUT2D eigenvalue weighted by atomic mass is 16.2. The van der Waals surface area contributed by atoms with E-state index in [0.717, 1.165) is 32.6 Å². The van der Waals surface area contributed by atoms with E-state index in [2.05, 4.69) is 24.1 Å². The van der Waals surface area contributed by atoms with Crippen molar-refractivity contribution in [2.75, 3.05) is 39.3 Å². The lowest BCUT2D eigenvalue weighted by Gasteiger charge is -2.33. The lowest BCUT2D eigenvalue weighted by Crippen LogP contribution is -2.47. The molecule has 0 aromatic heterocycles. The molecule has 19 heavy (non-hydrogen) atoms. The van der Waals surface area contributed by atoms with Gasteiger partial charge in [0.05, 0.1) is 0 Å². The van der Waals surface area contributed by atoms with Crippen LogP contribution >= 0.6 is 0 Å². The summed E-state index contributed by atoms with van der Waals surface area (Å²) in [7, 11) is 0. The molecular weight excluding hydrogens is 238 g/mol. The van der Waals surface area contributed by atoms with Crippen LogP contribution in [0.2, 0.25) is 0 Å². The molecule has 4 nitrogen and oxygen atoms in total. The molecule has 0 aromatic rings. The van der Waals surface area contributed by atoms with E-state index in [4.69, 9.17) is 0 Å². The van der Waals surface area contributed by atoms with Gasteiger partial charge >= 0.3 is 6.03 Å². The molecule has 2 rings (SSSR count). The number of carbonyl (C=O) groups excluding carboxylic acids is 1. The molecule has 2 aliphatic heterocycles. The highest BCUT2D eigenvalue weighted by molar-refractivity contribution is 5.74. The molecule has 1 unspecified atom stereocenters. The third-order valence-corrected chi connectivity index (χ3v) is 4.64. The van der Waals surface area contributed by atoms with Crippen LogP contribution in [0, 0.1) is 11.8 Å². The largest absolute Gasteiger partial charge is 0.338 e. The van der Waals surface area contributed by atoms with E-state index < -0.39 is 0 Å². The van der Waals surface area contributed by atoms with E-state index in [-0.39, 0.29) is 6.03 Å². The van der Waals surface area contributed by atoms with Gasteiger partial charge in [0.25, 0.3) is 0 Å². The number of piperidine rings is 2. The molecule has 0 saturated carbocycles. The van der Waals surface area contributed by atoms with Crippen LogP contribution in [0.4, 0.5) is 4.79 Å². The minimum absolute atomic E-state index is 0.157. The van der Waals surface area contributed by atoms with Gasteiger partial charge in [-0.1, -0.05) is 13.8 Å². The van der Waals surface area contributed by atoms with E-state index in [1.165, 1.54) is 32.4 Å². The molecule has 2 heterocycles. The van der Waals surface area contributed by atoms with Gasteiger partial charge < -0.3 is 15.1 Å². The Kier molecular flexibility index (Phi) is 5.49. The molecule has 0 aromatic carbocycles. The van der Waals surface area contributed by atoms with E-state index in [1.54, 1.807) is 0 Å². The molecule has 2 fully saturated rings.